The number of hydrogen-bond donors (Lipinski definition) is 3. The first kappa shape index (κ1) is 22.4. The van der Waals surface area contributed by atoms with E-state index in [1.165, 1.54) is 0 Å². The Kier molecular flexibility index (Phi) is 6.49. The summed E-state index contributed by atoms with van der Waals surface area (Å²) in [5.41, 5.74) is 6.41. The molecule has 0 fully saturated rings. The molecular formula is C26H27N5O2S. The zero-order valence-corrected chi connectivity index (χ0v) is 19.9. The maximum atomic E-state index is 12.2. The minimum atomic E-state index is -0.0391. The van der Waals surface area contributed by atoms with Crippen molar-refractivity contribution in [3.8, 4) is 0 Å². The van der Waals surface area contributed by atoms with Crippen LogP contribution < -0.4 is 16.0 Å². The van der Waals surface area contributed by atoms with Gasteiger partial charge in [-0.15, -0.1) is 0 Å². The first-order chi connectivity index (χ1) is 16.6. The van der Waals surface area contributed by atoms with Gasteiger partial charge in [0.25, 0.3) is 0 Å². The van der Waals surface area contributed by atoms with Gasteiger partial charge in [-0.25, -0.2) is 4.98 Å². The number of rotatable bonds is 6. The molecule has 0 spiro atoms. The molecule has 0 saturated carbocycles. The third-order valence-electron chi connectivity index (χ3n) is 6.11. The van der Waals surface area contributed by atoms with Crippen molar-refractivity contribution in [2.45, 2.75) is 44.8 Å². The topological polar surface area (TPSA) is 96.0 Å². The van der Waals surface area contributed by atoms with Crippen molar-refractivity contribution in [1.82, 2.24) is 9.97 Å². The number of anilines is 5. The van der Waals surface area contributed by atoms with E-state index in [4.69, 9.17) is 9.97 Å². The van der Waals surface area contributed by atoms with Gasteiger partial charge in [0.1, 0.15) is 5.82 Å². The predicted octanol–water partition coefficient (Wildman–Crippen LogP) is 5.62. The first-order valence-corrected chi connectivity index (χ1v) is 12.8. The third kappa shape index (κ3) is 4.77. The van der Waals surface area contributed by atoms with Crippen LogP contribution >= 0.6 is 11.8 Å². The summed E-state index contributed by atoms with van der Waals surface area (Å²) < 4.78 is 0. The van der Waals surface area contributed by atoms with Crippen molar-refractivity contribution in [2.75, 3.05) is 21.7 Å². The standard InChI is InChI=1S/C26H27N5O2S/c1-2-24(33)28-21-7-3-4-8-22(21)29-25-19-15-34-13-12-20(19)30-26(31-25)27-17-10-11-18-16(14-17)6-5-9-23(18)32/h3-4,7-8,10-11,14H,2,5-6,9,12-13,15H2,1H3,(H,28,33)(H2,27,29,30,31). The minimum absolute atomic E-state index is 0.0391. The summed E-state index contributed by atoms with van der Waals surface area (Å²) in [7, 11) is 0. The molecule has 0 saturated heterocycles. The smallest absolute Gasteiger partial charge is 0.229 e. The number of amides is 1. The number of thioether (sulfide) groups is 1. The highest BCUT2D eigenvalue weighted by Gasteiger charge is 2.21. The lowest BCUT2D eigenvalue weighted by molar-refractivity contribution is -0.115. The molecule has 2 heterocycles. The number of carbonyl (C=O) groups excluding carboxylic acids is 2. The molecule has 1 aromatic heterocycles. The molecule has 1 amide bonds. The molecule has 34 heavy (non-hydrogen) atoms. The van der Waals surface area contributed by atoms with Crippen molar-refractivity contribution in [1.29, 1.82) is 0 Å². The zero-order valence-electron chi connectivity index (χ0n) is 19.1. The lowest BCUT2D eigenvalue weighted by Crippen LogP contribution is -2.15. The van der Waals surface area contributed by atoms with E-state index in [-0.39, 0.29) is 11.7 Å². The number of carbonyl (C=O) groups is 2. The van der Waals surface area contributed by atoms with E-state index in [9.17, 15) is 9.59 Å². The Bertz CT molecular complexity index is 1260. The molecule has 5 rings (SSSR count). The van der Waals surface area contributed by atoms with Gasteiger partial charge in [-0.1, -0.05) is 19.1 Å². The summed E-state index contributed by atoms with van der Waals surface area (Å²) in [6.07, 6.45) is 3.71. The van der Waals surface area contributed by atoms with Crippen LogP contribution in [0.3, 0.4) is 0 Å². The maximum Gasteiger partial charge on any atom is 0.229 e. The number of para-hydroxylation sites is 2. The van der Waals surface area contributed by atoms with Gasteiger partial charge in [0.15, 0.2) is 5.78 Å². The molecule has 2 aliphatic rings. The van der Waals surface area contributed by atoms with Gasteiger partial charge in [0, 0.05) is 35.4 Å². The van der Waals surface area contributed by atoms with Gasteiger partial charge in [-0.05, 0) is 60.9 Å². The molecular weight excluding hydrogens is 446 g/mol. The van der Waals surface area contributed by atoms with Gasteiger partial charge in [0.05, 0.1) is 17.1 Å². The molecule has 0 bridgehead atoms. The van der Waals surface area contributed by atoms with Crippen LogP contribution in [0.5, 0.6) is 0 Å². The lowest BCUT2D eigenvalue weighted by Gasteiger charge is -2.21. The Morgan fingerprint density at radius 1 is 1.03 bits per heavy atom. The second-order valence-corrected chi connectivity index (χ2v) is 9.57. The van der Waals surface area contributed by atoms with E-state index in [1.54, 1.807) is 0 Å². The minimum Gasteiger partial charge on any atom is -0.338 e. The summed E-state index contributed by atoms with van der Waals surface area (Å²) in [5, 5.41) is 9.75. The van der Waals surface area contributed by atoms with Crippen molar-refractivity contribution in [2.24, 2.45) is 0 Å². The van der Waals surface area contributed by atoms with Crippen LogP contribution in [0.1, 0.15) is 53.4 Å². The van der Waals surface area contributed by atoms with Crippen LogP contribution in [0.4, 0.5) is 28.8 Å². The second-order valence-electron chi connectivity index (χ2n) is 8.47. The molecule has 0 radical (unpaired) electrons. The fourth-order valence-corrected chi connectivity index (χ4v) is 5.30. The number of benzene rings is 2. The SMILES string of the molecule is CCC(=O)Nc1ccccc1Nc1nc(Nc2ccc3c(c2)CCCC3=O)nc2c1CSCC2. The zero-order chi connectivity index (χ0) is 23.5. The van der Waals surface area contributed by atoms with E-state index in [2.05, 4.69) is 16.0 Å². The van der Waals surface area contributed by atoms with Gasteiger partial charge in [0.2, 0.25) is 11.9 Å². The van der Waals surface area contributed by atoms with E-state index in [0.717, 1.165) is 76.0 Å². The molecule has 7 nitrogen and oxygen atoms in total. The Balaban J connectivity index is 1.46. The monoisotopic (exact) mass is 473 g/mol. The van der Waals surface area contributed by atoms with Crippen molar-refractivity contribution in [3.05, 3.63) is 64.8 Å². The van der Waals surface area contributed by atoms with E-state index in [1.807, 2.05) is 61.2 Å². The molecule has 3 aromatic rings. The largest absolute Gasteiger partial charge is 0.338 e. The fraction of sp³-hybridized carbons (Fsp3) is 0.308. The average molecular weight is 474 g/mol. The van der Waals surface area contributed by atoms with Crippen LogP contribution in [0, 0.1) is 0 Å². The summed E-state index contributed by atoms with van der Waals surface area (Å²) in [6.45, 7) is 1.83. The molecule has 1 aliphatic heterocycles. The highest BCUT2D eigenvalue weighted by molar-refractivity contribution is 7.98. The Labute approximate surface area is 203 Å². The maximum absolute atomic E-state index is 12.2. The van der Waals surface area contributed by atoms with Crippen LogP contribution in [-0.2, 0) is 23.4 Å². The molecule has 3 N–H and O–H groups in total. The number of ketones is 1. The molecule has 2 aromatic carbocycles. The van der Waals surface area contributed by atoms with Crippen molar-refractivity contribution in [3.63, 3.8) is 0 Å². The third-order valence-corrected chi connectivity index (χ3v) is 7.10. The quantitative estimate of drug-likeness (QED) is 0.427. The summed E-state index contributed by atoms with van der Waals surface area (Å²) >= 11 is 1.86. The number of fused-ring (bicyclic) bond motifs is 2. The van der Waals surface area contributed by atoms with Crippen LogP contribution in [0.15, 0.2) is 42.5 Å². The molecule has 0 unspecified atom stereocenters. The molecule has 0 atom stereocenters. The number of nitrogens with zero attached hydrogens (tertiary/aromatic N) is 2. The predicted molar refractivity (Wildman–Crippen MR) is 138 cm³/mol. The van der Waals surface area contributed by atoms with Gasteiger partial charge >= 0.3 is 0 Å². The van der Waals surface area contributed by atoms with Gasteiger partial charge in [-0.2, -0.15) is 16.7 Å². The highest BCUT2D eigenvalue weighted by Crippen LogP contribution is 2.34. The fourth-order valence-electron chi connectivity index (χ4n) is 4.31. The normalized spacial score (nSPS) is 14.7. The van der Waals surface area contributed by atoms with Crippen molar-refractivity contribution >= 4 is 52.3 Å². The lowest BCUT2D eigenvalue weighted by atomic mass is 9.90. The number of aromatic nitrogens is 2. The number of hydrogen-bond acceptors (Lipinski definition) is 7. The van der Waals surface area contributed by atoms with Gasteiger partial charge < -0.3 is 16.0 Å². The highest BCUT2D eigenvalue weighted by atomic mass is 32.2. The Morgan fingerprint density at radius 3 is 2.74 bits per heavy atom. The van der Waals surface area contributed by atoms with E-state index in [0.29, 0.717) is 18.8 Å². The first-order valence-electron chi connectivity index (χ1n) is 11.7. The van der Waals surface area contributed by atoms with Gasteiger partial charge in [-0.3, -0.25) is 9.59 Å². The summed E-state index contributed by atoms with van der Waals surface area (Å²) in [6, 6.07) is 13.5. The number of Topliss-reactive ketones (excluding diaryl/α,β-unsaturated/α-hetero) is 1. The molecule has 174 valence electrons. The average Bonchev–Trinajstić information content (AvgIpc) is 2.85. The molecule has 8 heteroatoms. The number of nitrogens with one attached hydrogen (secondary N) is 3. The number of aryl methyl sites for hydroxylation is 2. The van der Waals surface area contributed by atoms with E-state index < -0.39 is 0 Å². The second kappa shape index (κ2) is 9.85. The molecule has 1 aliphatic carbocycles. The van der Waals surface area contributed by atoms with Crippen LogP contribution in [-0.4, -0.2) is 27.4 Å². The Morgan fingerprint density at radius 2 is 1.88 bits per heavy atom. The van der Waals surface area contributed by atoms with E-state index >= 15 is 0 Å². The van der Waals surface area contributed by atoms with Crippen LogP contribution in [0.25, 0.3) is 0 Å². The van der Waals surface area contributed by atoms with Crippen LogP contribution in [0.2, 0.25) is 0 Å². The summed E-state index contributed by atoms with van der Waals surface area (Å²) in [5.74, 6) is 3.30. The van der Waals surface area contributed by atoms with Crippen molar-refractivity contribution < 1.29 is 9.59 Å². The summed E-state index contributed by atoms with van der Waals surface area (Å²) in [4.78, 5) is 33.8. The Hall–Kier alpha value is -3.39.